The Morgan fingerprint density at radius 1 is 1.05 bits per heavy atom. The van der Waals surface area contributed by atoms with Gasteiger partial charge in [0.05, 0.1) is 5.92 Å². The fourth-order valence-electron chi connectivity index (χ4n) is 3.84. The Labute approximate surface area is 117 Å². The van der Waals surface area contributed by atoms with Crippen LogP contribution >= 0.6 is 0 Å². The summed E-state index contributed by atoms with van der Waals surface area (Å²) in [6.07, 6.45) is 5.47. The van der Waals surface area contributed by atoms with E-state index < -0.39 is 0 Å². The van der Waals surface area contributed by atoms with Gasteiger partial charge in [-0.15, -0.1) is 0 Å². The largest absolute Gasteiger partial charge is 0.296 e. The van der Waals surface area contributed by atoms with Gasteiger partial charge in [-0.1, -0.05) is 31.4 Å². The number of imide groups is 1. The normalized spacial score (nSPS) is 25.6. The molecule has 3 nitrogen and oxygen atoms in total. The fourth-order valence-corrected chi connectivity index (χ4v) is 3.84. The molecule has 0 radical (unpaired) electrons. The molecular weight excluding hydrogens is 257 g/mol. The number of nitrogens with one attached hydrogen (secondary N) is 1. The van der Waals surface area contributed by atoms with Crippen LogP contribution in [0.5, 0.6) is 0 Å². The van der Waals surface area contributed by atoms with Crippen molar-refractivity contribution in [2.75, 3.05) is 0 Å². The quantitative estimate of drug-likeness (QED) is 0.801. The molecule has 3 rings (SSSR count). The van der Waals surface area contributed by atoms with Crippen LogP contribution in [0.25, 0.3) is 0 Å². The molecule has 1 spiro atoms. The second kappa shape index (κ2) is 5.00. The molecule has 1 atom stereocenters. The monoisotopic (exact) mass is 275 g/mol. The molecule has 1 aromatic rings. The van der Waals surface area contributed by atoms with Gasteiger partial charge in [-0.3, -0.25) is 14.9 Å². The van der Waals surface area contributed by atoms with E-state index in [4.69, 9.17) is 0 Å². The third-order valence-corrected chi connectivity index (χ3v) is 4.70. The number of hydrogen-bond donors (Lipinski definition) is 1. The molecule has 1 aromatic carbocycles. The van der Waals surface area contributed by atoms with Gasteiger partial charge in [0.25, 0.3) is 0 Å². The number of piperidine rings is 1. The maximum absolute atomic E-state index is 13.1. The highest BCUT2D eigenvalue weighted by atomic mass is 19.1. The van der Waals surface area contributed by atoms with Crippen molar-refractivity contribution in [1.82, 2.24) is 5.32 Å². The Kier molecular flexibility index (Phi) is 3.32. The van der Waals surface area contributed by atoms with Crippen LogP contribution < -0.4 is 5.32 Å². The van der Waals surface area contributed by atoms with Gasteiger partial charge < -0.3 is 0 Å². The minimum Gasteiger partial charge on any atom is -0.296 e. The molecule has 1 saturated carbocycles. The van der Waals surface area contributed by atoms with Gasteiger partial charge in [-0.25, -0.2) is 4.39 Å². The van der Waals surface area contributed by atoms with Crippen LogP contribution in [0.15, 0.2) is 24.3 Å². The lowest BCUT2D eigenvalue weighted by Crippen LogP contribution is -2.51. The number of hydrogen-bond acceptors (Lipinski definition) is 2. The van der Waals surface area contributed by atoms with E-state index in [1.165, 1.54) is 12.1 Å². The first kappa shape index (κ1) is 13.3. The molecule has 1 unspecified atom stereocenters. The van der Waals surface area contributed by atoms with Gasteiger partial charge in [-0.2, -0.15) is 0 Å². The molecule has 1 aliphatic heterocycles. The maximum atomic E-state index is 13.1. The second-order valence-electron chi connectivity index (χ2n) is 6.00. The predicted molar refractivity (Wildman–Crippen MR) is 72.4 cm³/mol. The summed E-state index contributed by atoms with van der Waals surface area (Å²) in [5.74, 6) is -1.04. The topological polar surface area (TPSA) is 46.2 Å². The summed E-state index contributed by atoms with van der Waals surface area (Å²) in [6, 6.07) is 6.11. The number of rotatable bonds is 1. The zero-order valence-corrected chi connectivity index (χ0v) is 11.3. The first-order valence-corrected chi connectivity index (χ1v) is 7.20. The Morgan fingerprint density at radius 2 is 1.70 bits per heavy atom. The van der Waals surface area contributed by atoms with Gasteiger partial charge in [0, 0.05) is 6.42 Å². The molecule has 20 heavy (non-hydrogen) atoms. The third kappa shape index (κ3) is 2.23. The van der Waals surface area contributed by atoms with E-state index >= 15 is 0 Å². The molecule has 2 aliphatic rings. The highest BCUT2D eigenvalue weighted by Gasteiger charge is 2.49. The number of halogens is 1. The molecule has 2 amide bonds. The summed E-state index contributed by atoms with van der Waals surface area (Å²) in [4.78, 5) is 24.1. The third-order valence-electron chi connectivity index (χ3n) is 4.70. The number of carbonyl (C=O) groups is 2. The Hall–Kier alpha value is -1.71. The van der Waals surface area contributed by atoms with Crippen LogP contribution in [-0.4, -0.2) is 11.8 Å². The summed E-state index contributed by atoms with van der Waals surface area (Å²) >= 11 is 0. The Balaban J connectivity index is 2.01. The average Bonchev–Trinajstić information content (AvgIpc) is 2.41. The van der Waals surface area contributed by atoms with E-state index in [-0.39, 0.29) is 29.0 Å². The molecule has 1 saturated heterocycles. The second-order valence-corrected chi connectivity index (χ2v) is 6.00. The molecule has 0 aromatic heterocycles. The Morgan fingerprint density at radius 3 is 2.35 bits per heavy atom. The van der Waals surface area contributed by atoms with Crippen LogP contribution in [0, 0.1) is 11.2 Å². The van der Waals surface area contributed by atoms with Crippen molar-refractivity contribution in [2.24, 2.45) is 5.41 Å². The fraction of sp³-hybridized carbons (Fsp3) is 0.500. The van der Waals surface area contributed by atoms with Crippen molar-refractivity contribution in [3.05, 3.63) is 35.6 Å². The predicted octanol–water partition coefficient (Wildman–Crippen LogP) is 2.91. The van der Waals surface area contributed by atoms with Crippen LogP contribution in [0.2, 0.25) is 0 Å². The zero-order valence-electron chi connectivity index (χ0n) is 11.3. The average molecular weight is 275 g/mol. The van der Waals surface area contributed by atoms with Crippen molar-refractivity contribution in [3.8, 4) is 0 Å². The van der Waals surface area contributed by atoms with Gasteiger partial charge in [0.2, 0.25) is 11.8 Å². The van der Waals surface area contributed by atoms with E-state index in [2.05, 4.69) is 5.32 Å². The first-order chi connectivity index (χ1) is 9.61. The lowest BCUT2D eigenvalue weighted by atomic mass is 9.60. The minimum absolute atomic E-state index is 0.171. The van der Waals surface area contributed by atoms with Crippen molar-refractivity contribution in [1.29, 1.82) is 0 Å². The smallest absolute Gasteiger partial charge is 0.234 e. The minimum atomic E-state index is -0.332. The van der Waals surface area contributed by atoms with Crippen LogP contribution in [0.1, 0.15) is 50.0 Å². The molecule has 1 heterocycles. The van der Waals surface area contributed by atoms with Crippen LogP contribution in [0.4, 0.5) is 4.39 Å². The number of benzene rings is 1. The van der Waals surface area contributed by atoms with E-state index in [0.29, 0.717) is 6.42 Å². The van der Waals surface area contributed by atoms with Crippen LogP contribution in [0.3, 0.4) is 0 Å². The van der Waals surface area contributed by atoms with Crippen molar-refractivity contribution in [3.63, 3.8) is 0 Å². The van der Waals surface area contributed by atoms with E-state index in [1.54, 1.807) is 12.1 Å². The summed E-state index contributed by atoms with van der Waals surface area (Å²) in [5, 5.41) is 2.44. The zero-order chi connectivity index (χ0) is 14.2. The summed E-state index contributed by atoms with van der Waals surface area (Å²) < 4.78 is 13.1. The van der Waals surface area contributed by atoms with Gasteiger partial charge in [0.15, 0.2) is 0 Å². The summed E-state index contributed by atoms with van der Waals surface area (Å²) in [6.45, 7) is 0. The summed E-state index contributed by atoms with van der Waals surface area (Å²) in [5.41, 5.74) is 0.550. The van der Waals surface area contributed by atoms with Crippen molar-refractivity contribution in [2.45, 2.75) is 44.4 Å². The van der Waals surface area contributed by atoms with Gasteiger partial charge in [-0.05, 0) is 36.0 Å². The van der Waals surface area contributed by atoms with E-state index in [0.717, 1.165) is 37.7 Å². The Bertz CT molecular complexity index is 532. The molecular formula is C16H18FNO2. The highest BCUT2D eigenvalue weighted by molar-refractivity contribution is 6.02. The van der Waals surface area contributed by atoms with Gasteiger partial charge >= 0.3 is 0 Å². The maximum Gasteiger partial charge on any atom is 0.234 e. The lowest BCUT2D eigenvalue weighted by Gasteiger charge is -2.45. The van der Waals surface area contributed by atoms with Crippen LogP contribution in [-0.2, 0) is 9.59 Å². The van der Waals surface area contributed by atoms with Crippen molar-refractivity contribution >= 4 is 11.8 Å². The molecule has 1 N–H and O–H groups in total. The molecule has 1 aliphatic carbocycles. The number of carbonyl (C=O) groups excluding carboxylic acids is 2. The summed E-state index contributed by atoms with van der Waals surface area (Å²) in [7, 11) is 0. The lowest BCUT2D eigenvalue weighted by molar-refractivity contribution is -0.141. The van der Waals surface area contributed by atoms with E-state index in [9.17, 15) is 14.0 Å². The molecule has 0 bridgehead atoms. The van der Waals surface area contributed by atoms with Crippen molar-refractivity contribution < 1.29 is 14.0 Å². The molecule has 2 fully saturated rings. The van der Waals surface area contributed by atoms with E-state index in [1.807, 2.05) is 0 Å². The molecule has 4 heteroatoms. The molecule has 106 valence electrons. The standard InChI is InChI=1S/C16H18FNO2/c17-12-6-4-11(5-7-12)14-15(20)18-13(19)10-16(14)8-2-1-3-9-16/h4-7,14H,1-3,8-10H2,(H,18,19,20). The SMILES string of the molecule is O=C1CC2(CCCCC2)C(c2ccc(F)cc2)C(=O)N1. The highest BCUT2D eigenvalue weighted by Crippen LogP contribution is 2.51. The number of amides is 2. The first-order valence-electron chi connectivity index (χ1n) is 7.20. The van der Waals surface area contributed by atoms with Gasteiger partial charge in [0.1, 0.15) is 5.82 Å².